The van der Waals surface area contributed by atoms with Crippen molar-refractivity contribution >= 4 is 0 Å². The van der Waals surface area contributed by atoms with Gasteiger partial charge in [0.2, 0.25) is 0 Å². The largest absolute Gasteiger partial charge is 0.492 e. The fourth-order valence-corrected chi connectivity index (χ4v) is 2.83. The van der Waals surface area contributed by atoms with Crippen molar-refractivity contribution in [3.8, 4) is 5.75 Å². The second-order valence-corrected chi connectivity index (χ2v) is 6.35. The van der Waals surface area contributed by atoms with Gasteiger partial charge in [0.25, 0.3) is 0 Å². The van der Waals surface area contributed by atoms with Gasteiger partial charge in [0.05, 0.1) is 6.61 Å². The number of ether oxygens (including phenoxy) is 1. The Morgan fingerprint density at radius 2 is 2.05 bits per heavy atom. The molecule has 0 aliphatic carbocycles. The molecule has 106 valence electrons. The van der Waals surface area contributed by atoms with Crippen molar-refractivity contribution in [1.29, 1.82) is 0 Å². The Bertz CT molecular complexity index is 439. The minimum absolute atomic E-state index is 0.136. The average Bonchev–Trinajstić information content (AvgIpc) is 2.71. The average molecular weight is 261 g/mol. The summed E-state index contributed by atoms with van der Waals surface area (Å²) in [6.07, 6.45) is 1.19. The first-order valence-electron chi connectivity index (χ1n) is 7.50. The summed E-state index contributed by atoms with van der Waals surface area (Å²) in [6.45, 7) is 13.1. The second-order valence-electron chi connectivity index (χ2n) is 6.35. The fourth-order valence-electron chi connectivity index (χ4n) is 2.83. The minimum Gasteiger partial charge on any atom is -0.492 e. The molecule has 1 aromatic carbocycles. The van der Waals surface area contributed by atoms with E-state index in [2.05, 4.69) is 58.1 Å². The molecule has 1 aliphatic heterocycles. The second kappa shape index (κ2) is 5.54. The van der Waals surface area contributed by atoms with E-state index in [1.807, 2.05) is 0 Å². The van der Waals surface area contributed by atoms with E-state index in [-0.39, 0.29) is 5.41 Å². The van der Waals surface area contributed by atoms with Gasteiger partial charge in [-0.15, -0.1) is 0 Å². The maximum absolute atomic E-state index is 5.77. The molecule has 1 heterocycles. The van der Waals surface area contributed by atoms with Gasteiger partial charge in [-0.3, -0.25) is 0 Å². The number of hydrogen-bond acceptors (Lipinski definition) is 2. The molecule has 2 atom stereocenters. The molecule has 19 heavy (non-hydrogen) atoms. The Morgan fingerprint density at radius 1 is 1.32 bits per heavy atom. The normalized spacial score (nSPS) is 19.6. The smallest absolute Gasteiger partial charge is 0.123 e. The highest BCUT2D eigenvalue weighted by Gasteiger charge is 2.32. The summed E-state index contributed by atoms with van der Waals surface area (Å²) < 4.78 is 5.77. The molecule has 1 aromatic rings. The summed E-state index contributed by atoms with van der Waals surface area (Å²) in [7, 11) is 0. The Labute approximate surface area is 117 Å². The zero-order chi connectivity index (χ0) is 14.0. The van der Waals surface area contributed by atoms with Crippen LogP contribution in [0.25, 0.3) is 0 Å². The molecule has 2 heteroatoms. The molecule has 0 aromatic heterocycles. The molecule has 2 rings (SSSR count). The molecule has 0 saturated carbocycles. The van der Waals surface area contributed by atoms with Gasteiger partial charge in [0.15, 0.2) is 0 Å². The molecule has 0 saturated heterocycles. The van der Waals surface area contributed by atoms with Crippen LogP contribution in [0.1, 0.15) is 58.2 Å². The molecular formula is C17H27NO. The van der Waals surface area contributed by atoms with Gasteiger partial charge in [0, 0.05) is 17.0 Å². The third-order valence-corrected chi connectivity index (χ3v) is 4.32. The molecule has 1 aliphatic rings. The lowest BCUT2D eigenvalue weighted by atomic mass is 9.83. The van der Waals surface area contributed by atoms with Gasteiger partial charge in [-0.1, -0.05) is 47.1 Å². The first kappa shape index (κ1) is 14.4. The molecule has 1 N–H and O–H groups in total. The van der Waals surface area contributed by atoms with Crippen molar-refractivity contribution in [2.24, 2.45) is 5.92 Å². The standard InChI is InChI=1S/C17H27NO/c1-6-12(3)16(18-7-2)13-8-9-15-14(10-13)17(4,5)11-19-15/h8-10,12,16,18H,6-7,11H2,1-5H3. The van der Waals surface area contributed by atoms with Crippen molar-refractivity contribution in [3.63, 3.8) is 0 Å². The molecule has 0 bridgehead atoms. The van der Waals surface area contributed by atoms with E-state index >= 15 is 0 Å². The van der Waals surface area contributed by atoms with E-state index in [1.165, 1.54) is 17.5 Å². The molecule has 2 unspecified atom stereocenters. The predicted molar refractivity (Wildman–Crippen MR) is 80.8 cm³/mol. The van der Waals surface area contributed by atoms with Crippen LogP contribution in [0.5, 0.6) is 5.75 Å². The summed E-state index contributed by atoms with van der Waals surface area (Å²) in [5.41, 5.74) is 2.89. The fraction of sp³-hybridized carbons (Fsp3) is 0.647. The monoisotopic (exact) mass is 261 g/mol. The van der Waals surface area contributed by atoms with Crippen LogP contribution in [0.2, 0.25) is 0 Å². The first-order chi connectivity index (χ1) is 8.99. The van der Waals surface area contributed by atoms with Crippen LogP contribution in [-0.4, -0.2) is 13.2 Å². The van der Waals surface area contributed by atoms with Crippen LogP contribution in [0.4, 0.5) is 0 Å². The lowest BCUT2D eigenvalue weighted by Gasteiger charge is -2.26. The number of fused-ring (bicyclic) bond motifs is 1. The lowest BCUT2D eigenvalue weighted by Crippen LogP contribution is -2.27. The summed E-state index contributed by atoms with van der Waals surface area (Å²) in [4.78, 5) is 0. The summed E-state index contributed by atoms with van der Waals surface area (Å²) in [6, 6.07) is 7.16. The van der Waals surface area contributed by atoms with Crippen LogP contribution >= 0.6 is 0 Å². The van der Waals surface area contributed by atoms with Crippen molar-refractivity contribution in [1.82, 2.24) is 5.32 Å². The maximum Gasteiger partial charge on any atom is 0.123 e. The molecular weight excluding hydrogens is 234 g/mol. The van der Waals surface area contributed by atoms with Gasteiger partial charge in [-0.05, 0) is 30.2 Å². The minimum atomic E-state index is 0.136. The van der Waals surface area contributed by atoms with Gasteiger partial charge >= 0.3 is 0 Å². The van der Waals surface area contributed by atoms with E-state index in [4.69, 9.17) is 4.74 Å². The number of benzene rings is 1. The van der Waals surface area contributed by atoms with Gasteiger partial charge in [0.1, 0.15) is 5.75 Å². The molecule has 2 nitrogen and oxygen atoms in total. The number of hydrogen-bond donors (Lipinski definition) is 1. The Morgan fingerprint density at radius 3 is 2.68 bits per heavy atom. The van der Waals surface area contributed by atoms with Crippen molar-refractivity contribution < 1.29 is 4.74 Å². The zero-order valence-corrected chi connectivity index (χ0v) is 12.9. The third kappa shape index (κ3) is 2.79. The van der Waals surface area contributed by atoms with Gasteiger partial charge in [-0.25, -0.2) is 0 Å². The van der Waals surface area contributed by atoms with E-state index < -0.39 is 0 Å². The SMILES string of the molecule is CCNC(c1ccc2c(c1)C(C)(C)CO2)C(C)CC. The molecule has 0 fully saturated rings. The van der Waals surface area contributed by atoms with Crippen molar-refractivity contribution in [2.75, 3.05) is 13.2 Å². The quantitative estimate of drug-likeness (QED) is 0.863. The molecule has 0 spiro atoms. The van der Waals surface area contributed by atoms with Crippen LogP contribution in [0.3, 0.4) is 0 Å². The Hall–Kier alpha value is -1.02. The van der Waals surface area contributed by atoms with E-state index in [1.54, 1.807) is 0 Å². The van der Waals surface area contributed by atoms with E-state index in [0.717, 1.165) is 18.9 Å². The van der Waals surface area contributed by atoms with Crippen LogP contribution in [-0.2, 0) is 5.41 Å². The molecule has 0 amide bonds. The van der Waals surface area contributed by atoms with Crippen molar-refractivity contribution in [3.05, 3.63) is 29.3 Å². The third-order valence-electron chi connectivity index (χ3n) is 4.32. The van der Waals surface area contributed by atoms with Crippen LogP contribution < -0.4 is 10.1 Å². The maximum atomic E-state index is 5.77. The summed E-state index contributed by atoms with van der Waals surface area (Å²) in [5.74, 6) is 1.71. The van der Waals surface area contributed by atoms with Gasteiger partial charge < -0.3 is 10.1 Å². The summed E-state index contributed by atoms with van der Waals surface area (Å²) in [5, 5.41) is 3.63. The Kier molecular flexibility index (Phi) is 4.19. The Balaban J connectivity index is 2.34. The van der Waals surface area contributed by atoms with Crippen molar-refractivity contribution in [2.45, 2.75) is 52.5 Å². The highest BCUT2D eigenvalue weighted by Crippen LogP contribution is 2.40. The van der Waals surface area contributed by atoms with Crippen LogP contribution in [0.15, 0.2) is 18.2 Å². The van der Waals surface area contributed by atoms with E-state index in [0.29, 0.717) is 12.0 Å². The van der Waals surface area contributed by atoms with E-state index in [9.17, 15) is 0 Å². The first-order valence-corrected chi connectivity index (χ1v) is 7.50. The number of nitrogens with one attached hydrogen (secondary N) is 1. The van der Waals surface area contributed by atoms with Crippen LogP contribution in [0, 0.1) is 5.92 Å². The molecule has 0 radical (unpaired) electrons. The lowest BCUT2D eigenvalue weighted by molar-refractivity contribution is 0.291. The summed E-state index contributed by atoms with van der Waals surface area (Å²) >= 11 is 0. The highest BCUT2D eigenvalue weighted by molar-refractivity contribution is 5.46. The predicted octanol–water partition coefficient (Wildman–Crippen LogP) is 4.05. The topological polar surface area (TPSA) is 21.3 Å². The number of rotatable bonds is 5. The van der Waals surface area contributed by atoms with Gasteiger partial charge in [-0.2, -0.15) is 0 Å². The zero-order valence-electron chi connectivity index (χ0n) is 12.9. The highest BCUT2D eigenvalue weighted by atomic mass is 16.5.